The summed E-state index contributed by atoms with van der Waals surface area (Å²) in [6.07, 6.45) is 4.32. The van der Waals surface area contributed by atoms with Gasteiger partial charge in [0.15, 0.2) is 5.96 Å². The van der Waals surface area contributed by atoms with Gasteiger partial charge in [0.05, 0.1) is 0 Å². The Kier molecular flexibility index (Phi) is 12.2. The lowest BCUT2D eigenvalue weighted by molar-refractivity contribution is -0.119. The van der Waals surface area contributed by atoms with Crippen LogP contribution in [0.4, 0.5) is 5.69 Å². The van der Waals surface area contributed by atoms with Crippen LogP contribution >= 0.6 is 24.0 Å². The Hall–Kier alpha value is -1.35. The monoisotopic (exact) mass is 516 g/mol. The Bertz CT molecular complexity index is 647. The number of rotatable bonds is 8. The van der Waals surface area contributed by atoms with Gasteiger partial charge >= 0.3 is 0 Å². The standard InChI is InChI=1S/C22H36N4O2.HI/c1-5-17(2)21(27)25-20-8-6-7-19(15-20)16-24-22(23-3)26(4)12-9-18-10-13-28-14-11-18;/h6-8,15,17-18H,5,9-14,16H2,1-4H3,(H,23,24)(H,25,27);1H. The number of anilines is 1. The van der Waals surface area contributed by atoms with Crippen LogP contribution in [0, 0.1) is 11.8 Å². The van der Waals surface area contributed by atoms with Crippen molar-refractivity contribution < 1.29 is 9.53 Å². The van der Waals surface area contributed by atoms with Crippen molar-refractivity contribution in [2.45, 2.75) is 46.1 Å². The highest BCUT2D eigenvalue weighted by molar-refractivity contribution is 14.0. The van der Waals surface area contributed by atoms with Crippen LogP contribution < -0.4 is 10.6 Å². The summed E-state index contributed by atoms with van der Waals surface area (Å²) in [7, 11) is 3.90. The summed E-state index contributed by atoms with van der Waals surface area (Å²) in [5, 5.41) is 6.42. The van der Waals surface area contributed by atoms with Crippen LogP contribution in [0.2, 0.25) is 0 Å². The number of nitrogens with zero attached hydrogens (tertiary/aromatic N) is 2. The Labute approximate surface area is 192 Å². The van der Waals surface area contributed by atoms with Crippen molar-refractivity contribution in [2.75, 3.05) is 39.2 Å². The highest BCUT2D eigenvalue weighted by Crippen LogP contribution is 2.18. The van der Waals surface area contributed by atoms with Crippen LogP contribution in [0.1, 0.15) is 45.1 Å². The smallest absolute Gasteiger partial charge is 0.227 e. The number of amides is 1. The highest BCUT2D eigenvalue weighted by atomic mass is 127. The summed E-state index contributed by atoms with van der Waals surface area (Å²) < 4.78 is 5.44. The molecule has 0 saturated carbocycles. The van der Waals surface area contributed by atoms with E-state index in [4.69, 9.17) is 4.74 Å². The maximum atomic E-state index is 12.1. The second-order valence-electron chi connectivity index (χ2n) is 7.67. The van der Waals surface area contributed by atoms with E-state index in [1.807, 2.05) is 39.1 Å². The molecule has 0 aromatic heterocycles. The van der Waals surface area contributed by atoms with Gasteiger partial charge < -0.3 is 20.3 Å². The predicted octanol–water partition coefficient (Wildman–Crippen LogP) is 4.11. The number of nitrogens with one attached hydrogen (secondary N) is 2. The van der Waals surface area contributed by atoms with Gasteiger partial charge in [0, 0.05) is 52.0 Å². The molecule has 1 amide bonds. The van der Waals surface area contributed by atoms with Gasteiger partial charge in [-0.1, -0.05) is 26.0 Å². The largest absolute Gasteiger partial charge is 0.381 e. The molecule has 1 aliphatic rings. The molecule has 164 valence electrons. The molecule has 29 heavy (non-hydrogen) atoms. The Balaban J connectivity index is 0.00000420. The lowest BCUT2D eigenvalue weighted by atomic mass is 9.96. The summed E-state index contributed by atoms with van der Waals surface area (Å²) in [4.78, 5) is 18.7. The number of guanidine groups is 1. The van der Waals surface area contributed by atoms with E-state index in [1.54, 1.807) is 0 Å². The third kappa shape index (κ3) is 8.90. The van der Waals surface area contributed by atoms with Crippen molar-refractivity contribution in [2.24, 2.45) is 16.8 Å². The van der Waals surface area contributed by atoms with Crippen LogP contribution in [0.25, 0.3) is 0 Å². The zero-order chi connectivity index (χ0) is 20.4. The first kappa shape index (κ1) is 25.7. The summed E-state index contributed by atoms with van der Waals surface area (Å²) in [5.74, 6) is 1.72. The van der Waals surface area contributed by atoms with E-state index in [2.05, 4.69) is 33.6 Å². The van der Waals surface area contributed by atoms with Crippen molar-refractivity contribution in [3.63, 3.8) is 0 Å². The van der Waals surface area contributed by atoms with Crippen molar-refractivity contribution in [3.05, 3.63) is 29.8 Å². The van der Waals surface area contributed by atoms with E-state index in [1.165, 1.54) is 0 Å². The van der Waals surface area contributed by atoms with Gasteiger partial charge in [-0.25, -0.2) is 0 Å². The number of carbonyl (C=O) groups excluding carboxylic acids is 1. The third-order valence-corrected chi connectivity index (χ3v) is 5.49. The number of halogens is 1. The van der Waals surface area contributed by atoms with Gasteiger partial charge in [0.1, 0.15) is 0 Å². The van der Waals surface area contributed by atoms with Crippen LogP contribution in [0.3, 0.4) is 0 Å². The average molecular weight is 516 g/mol. The van der Waals surface area contributed by atoms with Gasteiger partial charge in [0.2, 0.25) is 5.91 Å². The maximum absolute atomic E-state index is 12.1. The van der Waals surface area contributed by atoms with Crippen molar-refractivity contribution in [1.82, 2.24) is 10.2 Å². The fraction of sp³-hybridized carbons (Fsp3) is 0.636. The second-order valence-corrected chi connectivity index (χ2v) is 7.67. The number of hydrogen-bond donors (Lipinski definition) is 2. The van der Waals surface area contributed by atoms with Crippen LogP contribution in [0.5, 0.6) is 0 Å². The normalized spacial score (nSPS) is 15.9. The van der Waals surface area contributed by atoms with Gasteiger partial charge in [-0.15, -0.1) is 24.0 Å². The van der Waals surface area contributed by atoms with Crippen molar-refractivity contribution in [3.8, 4) is 0 Å². The van der Waals surface area contributed by atoms with Gasteiger partial charge in [-0.2, -0.15) is 0 Å². The maximum Gasteiger partial charge on any atom is 0.227 e. The number of aliphatic imine (C=N–C) groups is 1. The fourth-order valence-electron chi connectivity index (χ4n) is 3.29. The summed E-state index contributed by atoms with van der Waals surface area (Å²) in [6, 6.07) is 7.98. The molecule has 7 heteroatoms. The van der Waals surface area contributed by atoms with E-state index in [0.717, 1.165) is 68.6 Å². The van der Waals surface area contributed by atoms with Gasteiger partial charge in [-0.05, 0) is 49.3 Å². The molecule has 0 aliphatic carbocycles. The molecular weight excluding hydrogens is 479 g/mol. The van der Waals surface area contributed by atoms with Crippen LogP contribution in [0.15, 0.2) is 29.3 Å². The number of ether oxygens (including phenoxy) is 1. The molecule has 0 spiro atoms. The number of benzene rings is 1. The van der Waals surface area contributed by atoms with Gasteiger partial charge in [0.25, 0.3) is 0 Å². The molecule has 1 aromatic rings. The predicted molar refractivity (Wildman–Crippen MR) is 131 cm³/mol. The molecule has 0 radical (unpaired) electrons. The lowest BCUT2D eigenvalue weighted by Crippen LogP contribution is -2.39. The Morgan fingerprint density at radius 3 is 2.72 bits per heavy atom. The zero-order valence-electron chi connectivity index (χ0n) is 18.2. The summed E-state index contributed by atoms with van der Waals surface area (Å²) in [5.41, 5.74) is 1.95. The average Bonchev–Trinajstić information content (AvgIpc) is 2.73. The lowest BCUT2D eigenvalue weighted by Gasteiger charge is -2.27. The van der Waals surface area contributed by atoms with Crippen LogP contribution in [-0.2, 0) is 16.1 Å². The molecule has 2 rings (SSSR count). The quantitative estimate of drug-likeness (QED) is 0.310. The minimum absolute atomic E-state index is 0. The summed E-state index contributed by atoms with van der Waals surface area (Å²) >= 11 is 0. The van der Waals surface area contributed by atoms with Crippen LogP contribution in [-0.4, -0.2) is 50.6 Å². The zero-order valence-corrected chi connectivity index (χ0v) is 20.6. The molecular formula is C22H37IN4O2. The number of hydrogen-bond acceptors (Lipinski definition) is 3. The molecule has 1 heterocycles. The first-order chi connectivity index (χ1) is 13.5. The van der Waals surface area contributed by atoms with Gasteiger partial charge in [-0.3, -0.25) is 9.79 Å². The molecule has 1 unspecified atom stereocenters. The fourth-order valence-corrected chi connectivity index (χ4v) is 3.29. The molecule has 6 nitrogen and oxygen atoms in total. The third-order valence-electron chi connectivity index (χ3n) is 5.49. The SMILES string of the molecule is CCC(C)C(=O)Nc1cccc(CNC(=NC)N(C)CCC2CCOCC2)c1.I. The number of carbonyl (C=O) groups is 1. The molecule has 1 saturated heterocycles. The topological polar surface area (TPSA) is 66.0 Å². The first-order valence-electron chi connectivity index (χ1n) is 10.4. The van der Waals surface area contributed by atoms with E-state index >= 15 is 0 Å². The molecule has 1 aliphatic heterocycles. The molecule has 0 bridgehead atoms. The van der Waals surface area contributed by atoms with Crippen molar-refractivity contribution in [1.29, 1.82) is 0 Å². The minimum atomic E-state index is 0. The molecule has 1 atom stereocenters. The highest BCUT2D eigenvalue weighted by Gasteiger charge is 2.15. The van der Waals surface area contributed by atoms with E-state index in [-0.39, 0.29) is 35.8 Å². The minimum Gasteiger partial charge on any atom is -0.381 e. The Morgan fingerprint density at radius 1 is 1.34 bits per heavy atom. The van der Waals surface area contributed by atoms with Crippen molar-refractivity contribution >= 4 is 41.5 Å². The molecule has 1 aromatic carbocycles. The molecule has 1 fully saturated rings. The van der Waals surface area contributed by atoms with E-state index in [9.17, 15) is 4.79 Å². The van der Waals surface area contributed by atoms with E-state index in [0.29, 0.717) is 6.54 Å². The Morgan fingerprint density at radius 2 is 2.07 bits per heavy atom. The first-order valence-corrected chi connectivity index (χ1v) is 10.4. The second kappa shape index (κ2) is 13.8. The van der Waals surface area contributed by atoms with E-state index < -0.39 is 0 Å². The molecule has 2 N–H and O–H groups in total. The summed E-state index contributed by atoms with van der Waals surface area (Å²) in [6.45, 7) is 7.41.